The maximum atomic E-state index is 12.6. The minimum atomic E-state index is 0.00281. The predicted molar refractivity (Wildman–Crippen MR) is 92.2 cm³/mol. The van der Waals surface area contributed by atoms with Crippen LogP contribution in [0, 0.1) is 12.8 Å². The third kappa shape index (κ3) is 2.65. The second-order valence-electron chi connectivity index (χ2n) is 7.23. The van der Waals surface area contributed by atoms with E-state index in [9.17, 15) is 4.79 Å². The Kier molecular flexibility index (Phi) is 3.26. The second-order valence-corrected chi connectivity index (χ2v) is 7.23. The van der Waals surface area contributed by atoms with Crippen LogP contribution in [-0.2, 0) is 4.79 Å². The molecule has 2 saturated carbocycles. The molecule has 1 aliphatic heterocycles. The van der Waals surface area contributed by atoms with Crippen LogP contribution in [0.25, 0.3) is 0 Å². The minimum absolute atomic E-state index is 0.00281. The molecule has 3 aliphatic rings. The summed E-state index contributed by atoms with van der Waals surface area (Å²) in [4.78, 5) is 12.6. The topological polar surface area (TPSA) is 76.2 Å². The van der Waals surface area contributed by atoms with Gasteiger partial charge in [0.2, 0.25) is 5.91 Å². The average molecular weight is 339 g/mol. The molecule has 1 aromatic carbocycles. The molecule has 5 rings (SSSR count). The highest BCUT2D eigenvalue weighted by Gasteiger charge is 2.44. The van der Waals surface area contributed by atoms with Gasteiger partial charge >= 0.3 is 0 Å². The van der Waals surface area contributed by atoms with Crippen molar-refractivity contribution in [3.05, 3.63) is 35.0 Å². The van der Waals surface area contributed by atoms with Crippen molar-refractivity contribution in [3.63, 3.8) is 0 Å². The summed E-state index contributed by atoms with van der Waals surface area (Å²) in [6.45, 7) is 3.19. The maximum absolute atomic E-state index is 12.6. The highest BCUT2D eigenvalue weighted by atomic mass is 16.6. The first-order valence-corrected chi connectivity index (χ1v) is 8.96. The van der Waals surface area contributed by atoms with Gasteiger partial charge in [0.1, 0.15) is 13.2 Å². The largest absolute Gasteiger partial charge is 0.486 e. The summed E-state index contributed by atoms with van der Waals surface area (Å²) in [6.07, 6.45) is 3.29. The minimum Gasteiger partial charge on any atom is -0.486 e. The van der Waals surface area contributed by atoms with E-state index in [2.05, 4.69) is 15.5 Å². The summed E-state index contributed by atoms with van der Waals surface area (Å²) in [5, 5.41) is 10.4. The first-order valence-electron chi connectivity index (χ1n) is 8.96. The van der Waals surface area contributed by atoms with Gasteiger partial charge in [-0.05, 0) is 49.8 Å². The monoisotopic (exact) mass is 339 g/mol. The molecule has 2 aromatic rings. The molecular formula is C19H21N3O3. The van der Waals surface area contributed by atoms with E-state index in [1.54, 1.807) is 0 Å². The highest BCUT2D eigenvalue weighted by Crippen LogP contribution is 2.50. The van der Waals surface area contributed by atoms with Gasteiger partial charge in [0.25, 0.3) is 0 Å². The van der Waals surface area contributed by atoms with Crippen molar-refractivity contribution < 1.29 is 14.3 Å². The fourth-order valence-electron chi connectivity index (χ4n) is 3.66. The molecule has 2 aliphatic carbocycles. The first-order chi connectivity index (χ1) is 12.2. The number of carbonyl (C=O) groups excluding carboxylic acids is 1. The van der Waals surface area contributed by atoms with E-state index in [0.29, 0.717) is 24.9 Å². The fraction of sp³-hybridized carbons (Fsp3) is 0.474. The first kappa shape index (κ1) is 14.8. The van der Waals surface area contributed by atoms with E-state index in [1.165, 1.54) is 18.5 Å². The Bertz CT molecular complexity index is 840. The summed E-state index contributed by atoms with van der Waals surface area (Å²) < 4.78 is 11.2. The lowest BCUT2D eigenvalue weighted by Crippen LogP contribution is -2.16. The third-order valence-corrected chi connectivity index (χ3v) is 5.40. The van der Waals surface area contributed by atoms with E-state index in [4.69, 9.17) is 9.47 Å². The van der Waals surface area contributed by atoms with Gasteiger partial charge in [0.05, 0.1) is 0 Å². The van der Waals surface area contributed by atoms with Gasteiger partial charge in [-0.1, -0.05) is 6.07 Å². The highest BCUT2D eigenvalue weighted by molar-refractivity contribution is 5.95. The molecule has 0 radical (unpaired) electrons. The number of hydrogen-bond donors (Lipinski definition) is 2. The van der Waals surface area contributed by atoms with Crippen LogP contribution in [-0.4, -0.2) is 29.3 Å². The van der Waals surface area contributed by atoms with Crippen molar-refractivity contribution in [2.75, 3.05) is 18.5 Å². The number of nitrogens with zero attached hydrogens (tertiary/aromatic N) is 1. The molecule has 25 heavy (non-hydrogen) atoms. The van der Waals surface area contributed by atoms with Crippen LogP contribution in [0.3, 0.4) is 0 Å². The Labute approximate surface area is 145 Å². The van der Waals surface area contributed by atoms with Crippen molar-refractivity contribution in [2.45, 2.75) is 38.0 Å². The van der Waals surface area contributed by atoms with E-state index >= 15 is 0 Å². The zero-order valence-corrected chi connectivity index (χ0v) is 14.2. The Balaban J connectivity index is 1.27. The van der Waals surface area contributed by atoms with Crippen molar-refractivity contribution in [3.8, 4) is 11.5 Å². The van der Waals surface area contributed by atoms with Gasteiger partial charge in [-0.25, -0.2) is 0 Å². The fourth-order valence-corrected chi connectivity index (χ4v) is 3.66. The summed E-state index contributed by atoms with van der Waals surface area (Å²) >= 11 is 0. The number of ether oxygens (including phenoxy) is 2. The van der Waals surface area contributed by atoms with Gasteiger partial charge in [-0.15, -0.1) is 0 Å². The third-order valence-electron chi connectivity index (χ3n) is 5.40. The van der Waals surface area contributed by atoms with E-state index in [0.717, 1.165) is 29.0 Å². The summed E-state index contributed by atoms with van der Waals surface area (Å²) in [7, 11) is 0. The van der Waals surface area contributed by atoms with Crippen LogP contribution >= 0.6 is 0 Å². The Hall–Kier alpha value is -2.50. The number of anilines is 1. The van der Waals surface area contributed by atoms with Crippen molar-refractivity contribution in [2.24, 2.45) is 5.92 Å². The number of carbonyl (C=O) groups is 1. The van der Waals surface area contributed by atoms with Gasteiger partial charge in [-0.2, -0.15) is 5.10 Å². The standard InChI is InChI=1S/C19H21N3O3/c1-10-17(11-2-3-11)21-22-18(10)20-19(23)14-9-13(14)12-4-5-15-16(8-12)25-7-6-24-15/h4-5,8,11,13-14H,2-3,6-7,9H2,1H3,(H2,20,21,22,23)/t13-,14-/m1/s1. The number of aromatic amines is 1. The number of benzene rings is 1. The zero-order chi connectivity index (χ0) is 17.0. The number of rotatable bonds is 4. The van der Waals surface area contributed by atoms with Crippen LogP contribution < -0.4 is 14.8 Å². The van der Waals surface area contributed by atoms with Crippen LogP contribution in [0.15, 0.2) is 18.2 Å². The summed E-state index contributed by atoms with van der Waals surface area (Å²) in [5.74, 6) is 3.16. The molecule has 6 heteroatoms. The Morgan fingerprint density at radius 3 is 2.84 bits per heavy atom. The average Bonchev–Trinajstić information content (AvgIpc) is 3.54. The van der Waals surface area contributed by atoms with Crippen molar-refractivity contribution in [1.29, 1.82) is 0 Å². The molecule has 2 fully saturated rings. The smallest absolute Gasteiger partial charge is 0.229 e. The number of nitrogens with one attached hydrogen (secondary N) is 2. The quantitative estimate of drug-likeness (QED) is 0.897. The molecule has 130 valence electrons. The van der Waals surface area contributed by atoms with Gasteiger partial charge < -0.3 is 14.8 Å². The Morgan fingerprint density at radius 2 is 2.04 bits per heavy atom. The lowest BCUT2D eigenvalue weighted by molar-refractivity contribution is -0.117. The summed E-state index contributed by atoms with van der Waals surface area (Å²) in [5.41, 5.74) is 3.39. The molecule has 1 aromatic heterocycles. The molecule has 0 spiro atoms. The molecule has 1 amide bonds. The van der Waals surface area contributed by atoms with Crippen LogP contribution in [0.2, 0.25) is 0 Å². The van der Waals surface area contributed by atoms with E-state index in [-0.39, 0.29) is 17.7 Å². The lowest BCUT2D eigenvalue weighted by atomic mass is 10.1. The van der Waals surface area contributed by atoms with Crippen molar-refractivity contribution in [1.82, 2.24) is 10.2 Å². The van der Waals surface area contributed by atoms with Crippen molar-refractivity contribution >= 4 is 11.7 Å². The number of hydrogen-bond acceptors (Lipinski definition) is 4. The van der Waals surface area contributed by atoms with Gasteiger partial charge in [0.15, 0.2) is 17.3 Å². The Morgan fingerprint density at radius 1 is 1.24 bits per heavy atom. The number of aromatic nitrogens is 2. The number of H-pyrrole nitrogens is 1. The van der Waals surface area contributed by atoms with Crippen LogP contribution in [0.5, 0.6) is 11.5 Å². The molecule has 2 heterocycles. The molecular weight excluding hydrogens is 318 g/mol. The molecule has 6 nitrogen and oxygen atoms in total. The normalized spacial score (nSPS) is 24.0. The molecule has 0 saturated heterocycles. The van der Waals surface area contributed by atoms with Crippen LogP contribution in [0.4, 0.5) is 5.82 Å². The molecule has 2 atom stereocenters. The van der Waals surface area contributed by atoms with Crippen LogP contribution in [0.1, 0.15) is 47.9 Å². The number of amides is 1. The maximum Gasteiger partial charge on any atom is 0.229 e. The summed E-state index contributed by atoms with van der Waals surface area (Å²) in [6, 6.07) is 5.99. The van der Waals surface area contributed by atoms with Gasteiger partial charge in [0, 0.05) is 23.1 Å². The lowest BCUT2D eigenvalue weighted by Gasteiger charge is -2.18. The second kappa shape index (κ2) is 5.51. The van der Waals surface area contributed by atoms with Gasteiger partial charge in [-0.3, -0.25) is 9.89 Å². The zero-order valence-electron chi connectivity index (χ0n) is 14.2. The SMILES string of the molecule is Cc1c(NC(=O)[C@@H]2C[C@@H]2c2ccc3c(c2)OCCO3)n[nH]c1C1CC1. The van der Waals surface area contributed by atoms with E-state index < -0.39 is 0 Å². The molecule has 2 N–H and O–H groups in total. The predicted octanol–water partition coefficient (Wildman–Crippen LogP) is 3.11. The molecule has 0 bridgehead atoms. The number of fused-ring (bicyclic) bond motifs is 1. The van der Waals surface area contributed by atoms with E-state index in [1.807, 2.05) is 25.1 Å². The molecule has 0 unspecified atom stereocenters.